The fraction of sp³-hybridized carbons (Fsp3) is 0.286. The van der Waals surface area contributed by atoms with Gasteiger partial charge in [0.1, 0.15) is 17.1 Å². The number of alkyl halides is 2. The van der Waals surface area contributed by atoms with Crippen molar-refractivity contribution in [3.63, 3.8) is 0 Å². The third kappa shape index (κ3) is 4.12. The van der Waals surface area contributed by atoms with Crippen LogP contribution in [0.3, 0.4) is 0 Å². The van der Waals surface area contributed by atoms with Crippen LogP contribution in [-0.2, 0) is 4.74 Å². The first-order valence-corrected chi connectivity index (χ1v) is 10.4. The lowest BCUT2D eigenvalue weighted by molar-refractivity contribution is 0.122. The number of ether oxygens (including phenoxy) is 2. The van der Waals surface area contributed by atoms with Crippen LogP contribution in [0.4, 0.5) is 32.2 Å². The number of morpholine rings is 1. The summed E-state index contributed by atoms with van der Waals surface area (Å²) in [6.45, 7) is 2.09. The summed E-state index contributed by atoms with van der Waals surface area (Å²) in [5.74, 6) is 0.697. The summed E-state index contributed by atoms with van der Waals surface area (Å²) in [5, 5.41) is 3.05. The SMILES string of the molecule is COc1cccc2c1nc(C(F)F)n2-c1nc(Nc2ccc(N)nc2)nc(N2CCOCC2)n1. The van der Waals surface area contributed by atoms with Crippen molar-refractivity contribution in [3.8, 4) is 11.7 Å². The van der Waals surface area contributed by atoms with Gasteiger partial charge in [-0.15, -0.1) is 0 Å². The van der Waals surface area contributed by atoms with Crippen molar-refractivity contribution < 1.29 is 18.3 Å². The molecule has 1 saturated heterocycles. The van der Waals surface area contributed by atoms with Crippen LogP contribution >= 0.6 is 0 Å². The number of halogens is 2. The van der Waals surface area contributed by atoms with E-state index in [1.54, 1.807) is 30.3 Å². The van der Waals surface area contributed by atoms with Crippen LogP contribution in [0, 0.1) is 0 Å². The summed E-state index contributed by atoms with van der Waals surface area (Å²) in [6, 6.07) is 8.34. The molecule has 4 heterocycles. The maximum absolute atomic E-state index is 14.1. The first-order chi connectivity index (χ1) is 16.5. The molecular weight excluding hydrogens is 448 g/mol. The summed E-state index contributed by atoms with van der Waals surface area (Å²) in [4.78, 5) is 23.6. The molecule has 5 rings (SSSR count). The molecule has 1 fully saturated rings. The quantitative estimate of drug-likeness (QED) is 0.435. The van der Waals surface area contributed by atoms with E-state index >= 15 is 0 Å². The van der Waals surface area contributed by atoms with Gasteiger partial charge in [-0.1, -0.05) is 6.07 Å². The molecule has 0 aliphatic carbocycles. The molecule has 13 heteroatoms. The molecule has 1 aliphatic heterocycles. The van der Waals surface area contributed by atoms with Gasteiger partial charge in [-0.3, -0.25) is 4.57 Å². The molecule has 0 amide bonds. The van der Waals surface area contributed by atoms with Crippen molar-refractivity contribution in [2.45, 2.75) is 6.43 Å². The first-order valence-electron chi connectivity index (χ1n) is 10.4. The van der Waals surface area contributed by atoms with E-state index in [4.69, 9.17) is 15.2 Å². The fourth-order valence-electron chi connectivity index (χ4n) is 3.64. The Morgan fingerprint density at radius 1 is 1.06 bits per heavy atom. The van der Waals surface area contributed by atoms with Gasteiger partial charge >= 0.3 is 0 Å². The molecule has 0 atom stereocenters. The van der Waals surface area contributed by atoms with Gasteiger partial charge in [-0.05, 0) is 24.3 Å². The van der Waals surface area contributed by atoms with Crippen LogP contribution in [0.1, 0.15) is 12.2 Å². The average Bonchev–Trinajstić information content (AvgIpc) is 3.26. The number of methoxy groups -OCH3 is 1. The molecule has 34 heavy (non-hydrogen) atoms. The average molecular weight is 469 g/mol. The lowest BCUT2D eigenvalue weighted by Gasteiger charge is -2.27. The lowest BCUT2D eigenvalue weighted by atomic mass is 10.3. The number of aromatic nitrogens is 6. The van der Waals surface area contributed by atoms with Crippen molar-refractivity contribution in [3.05, 3.63) is 42.4 Å². The van der Waals surface area contributed by atoms with Gasteiger partial charge in [-0.2, -0.15) is 15.0 Å². The van der Waals surface area contributed by atoms with Gasteiger partial charge in [0.2, 0.25) is 17.8 Å². The van der Waals surface area contributed by atoms with E-state index in [0.717, 1.165) is 0 Å². The minimum atomic E-state index is -2.88. The van der Waals surface area contributed by atoms with Crippen molar-refractivity contribution in [1.29, 1.82) is 0 Å². The maximum Gasteiger partial charge on any atom is 0.296 e. The molecule has 3 aromatic heterocycles. The molecule has 0 bridgehead atoms. The van der Waals surface area contributed by atoms with Crippen molar-refractivity contribution in [1.82, 2.24) is 29.5 Å². The van der Waals surface area contributed by atoms with Gasteiger partial charge in [0.05, 0.1) is 37.7 Å². The number of para-hydroxylation sites is 1. The Morgan fingerprint density at radius 3 is 2.56 bits per heavy atom. The van der Waals surface area contributed by atoms with Gasteiger partial charge < -0.3 is 25.4 Å². The zero-order valence-electron chi connectivity index (χ0n) is 18.2. The van der Waals surface area contributed by atoms with E-state index in [0.29, 0.717) is 55.0 Å². The number of nitrogens with two attached hydrogens (primary N) is 1. The molecule has 0 saturated carbocycles. The van der Waals surface area contributed by atoms with Gasteiger partial charge in [0.25, 0.3) is 6.43 Å². The molecule has 0 unspecified atom stereocenters. The Labute approximate surface area is 192 Å². The Morgan fingerprint density at radius 2 is 1.85 bits per heavy atom. The number of nitrogen functional groups attached to an aromatic ring is 1. The minimum absolute atomic E-state index is 0.00607. The zero-order chi connectivity index (χ0) is 23.7. The minimum Gasteiger partial charge on any atom is -0.494 e. The Bertz CT molecular complexity index is 1310. The summed E-state index contributed by atoms with van der Waals surface area (Å²) in [5.41, 5.74) is 6.90. The van der Waals surface area contributed by atoms with E-state index in [1.807, 2.05) is 4.90 Å². The molecular formula is C21H21F2N9O2. The molecule has 4 aromatic rings. The third-order valence-electron chi connectivity index (χ3n) is 5.24. The predicted octanol–water partition coefficient (Wildman–Crippen LogP) is 2.71. The Hall–Kier alpha value is -4.13. The van der Waals surface area contributed by atoms with E-state index < -0.39 is 12.2 Å². The molecule has 0 radical (unpaired) electrons. The number of nitrogens with zero attached hydrogens (tertiary/aromatic N) is 7. The number of nitrogens with one attached hydrogen (secondary N) is 1. The van der Waals surface area contributed by atoms with Gasteiger partial charge in [0, 0.05) is 13.1 Å². The molecule has 11 nitrogen and oxygen atoms in total. The second-order valence-corrected chi connectivity index (χ2v) is 7.39. The monoisotopic (exact) mass is 469 g/mol. The third-order valence-corrected chi connectivity index (χ3v) is 5.24. The molecule has 1 aliphatic rings. The van der Waals surface area contributed by atoms with Crippen molar-refractivity contribution >= 4 is 34.4 Å². The van der Waals surface area contributed by atoms with Crippen LogP contribution < -0.4 is 20.7 Å². The zero-order valence-corrected chi connectivity index (χ0v) is 18.2. The predicted molar refractivity (Wildman–Crippen MR) is 121 cm³/mol. The number of anilines is 4. The van der Waals surface area contributed by atoms with E-state index in [1.165, 1.54) is 17.9 Å². The fourth-order valence-corrected chi connectivity index (χ4v) is 3.64. The summed E-state index contributed by atoms with van der Waals surface area (Å²) in [6.07, 6.45) is -1.35. The Balaban J connectivity index is 1.68. The highest BCUT2D eigenvalue weighted by molar-refractivity contribution is 5.84. The first kappa shape index (κ1) is 21.7. The number of imidazole rings is 1. The highest BCUT2D eigenvalue weighted by Gasteiger charge is 2.25. The van der Waals surface area contributed by atoms with Crippen LogP contribution in [-0.4, -0.2) is 62.9 Å². The standard InChI is InChI=1S/C21H21F2N9O2/c1-33-14-4-2-3-13-16(14)27-18(17(22)23)32(13)21-29-19(26-12-5-6-15(24)25-11-12)28-20(30-21)31-7-9-34-10-8-31/h2-6,11,17H,7-10H2,1H3,(H2,24,25)(H,26,28,29,30). The largest absolute Gasteiger partial charge is 0.494 e. The second-order valence-electron chi connectivity index (χ2n) is 7.39. The Kier molecular flexibility index (Phi) is 5.76. The van der Waals surface area contributed by atoms with E-state index in [9.17, 15) is 8.78 Å². The van der Waals surface area contributed by atoms with Crippen LogP contribution in [0.2, 0.25) is 0 Å². The number of rotatable bonds is 6. The summed E-state index contributed by atoms with van der Waals surface area (Å²) < 4.78 is 40.1. The summed E-state index contributed by atoms with van der Waals surface area (Å²) >= 11 is 0. The van der Waals surface area contributed by atoms with Gasteiger partial charge in [0.15, 0.2) is 5.82 Å². The molecule has 176 valence electrons. The lowest BCUT2D eigenvalue weighted by Crippen LogP contribution is -2.37. The number of hydrogen-bond acceptors (Lipinski definition) is 10. The number of benzene rings is 1. The van der Waals surface area contributed by atoms with Crippen molar-refractivity contribution in [2.75, 3.05) is 49.4 Å². The maximum atomic E-state index is 14.1. The summed E-state index contributed by atoms with van der Waals surface area (Å²) in [7, 11) is 1.46. The number of fused-ring (bicyclic) bond motifs is 1. The topological polar surface area (TPSA) is 129 Å². The highest BCUT2D eigenvalue weighted by Crippen LogP contribution is 2.32. The van der Waals surface area contributed by atoms with E-state index in [-0.39, 0.29) is 17.4 Å². The van der Waals surface area contributed by atoms with Crippen LogP contribution in [0.5, 0.6) is 5.75 Å². The molecule has 0 spiro atoms. The highest BCUT2D eigenvalue weighted by atomic mass is 19.3. The van der Waals surface area contributed by atoms with Crippen molar-refractivity contribution in [2.24, 2.45) is 0 Å². The normalized spacial score (nSPS) is 14.1. The number of pyridine rings is 1. The number of hydrogen-bond donors (Lipinski definition) is 2. The van der Waals surface area contributed by atoms with E-state index in [2.05, 4.69) is 30.2 Å². The second kappa shape index (κ2) is 9.02. The van der Waals surface area contributed by atoms with Gasteiger partial charge in [-0.25, -0.2) is 18.7 Å². The van der Waals surface area contributed by atoms with Crippen LogP contribution in [0.15, 0.2) is 36.5 Å². The van der Waals surface area contributed by atoms with Crippen LogP contribution in [0.25, 0.3) is 17.0 Å². The molecule has 1 aromatic carbocycles. The molecule has 3 N–H and O–H groups in total. The smallest absolute Gasteiger partial charge is 0.296 e.